The van der Waals surface area contributed by atoms with E-state index in [1.807, 2.05) is 0 Å². The van der Waals surface area contributed by atoms with Gasteiger partial charge in [-0.15, -0.1) is 13.2 Å². The summed E-state index contributed by atoms with van der Waals surface area (Å²) in [5, 5.41) is 9.04. The van der Waals surface area contributed by atoms with Crippen molar-refractivity contribution >= 4 is 28.1 Å². The zero-order valence-corrected chi connectivity index (χ0v) is 16.0. The van der Waals surface area contributed by atoms with Crippen LogP contribution in [0.4, 0.5) is 13.2 Å². The number of halogens is 3. The molecule has 1 aromatic heterocycles. The third-order valence-electron chi connectivity index (χ3n) is 3.43. The molecule has 0 atom stereocenters. The first-order valence-electron chi connectivity index (χ1n) is 7.70. The molecule has 0 aliphatic rings. The molecule has 0 unspecified atom stereocenters. The van der Waals surface area contributed by atoms with Crippen molar-refractivity contribution in [2.45, 2.75) is 24.2 Å². The molecule has 28 heavy (non-hydrogen) atoms. The maximum atomic E-state index is 12.1. The van der Waals surface area contributed by atoms with E-state index < -0.39 is 28.0 Å². The predicted molar refractivity (Wildman–Crippen MR) is 93.2 cm³/mol. The predicted octanol–water partition coefficient (Wildman–Crippen LogP) is 1.36. The van der Waals surface area contributed by atoms with Crippen LogP contribution in [-0.2, 0) is 28.4 Å². The van der Waals surface area contributed by atoms with Crippen LogP contribution in [-0.4, -0.2) is 42.0 Å². The number of carbonyl (C=O) groups is 1. The number of ether oxygens (including phenoxy) is 1. The van der Waals surface area contributed by atoms with Gasteiger partial charge in [-0.1, -0.05) is 0 Å². The lowest BCUT2D eigenvalue weighted by molar-refractivity contribution is -0.274. The van der Waals surface area contributed by atoms with Crippen LogP contribution in [0.2, 0.25) is 0 Å². The summed E-state index contributed by atoms with van der Waals surface area (Å²) in [6.45, 7) is -0.0934. The molecule has 0 aliphatic heterocycles. The molecule has 3 N–H and O–H groups in total. The van der Waals surface area contributed by atoms with Gasteiger partial charge in [0.2, 0.25) is 15.9 Å². The number of sulfonamides is 1. The molecule has 0 saturated carbocycles. The van der Waals surface area contributed by atoms with E-state index >= 15 is 0 Å². The molecule has 1 aromatic carbocycles. The minimum atomic E-state index is -4.87. The van der Waals surface area contributed by atoms with Gasteiger partial charge in [0.05, 0.1) is 11.4 Å². The number of hydrogen-bond acceptors (Lipinski definition) is 6. The van der Waals surface area contributed by atoms with Crippen molar-refractivity contribution in [2.75, 3.05) is 6.54 Å². The smallest absolute Gasteiger partial charge is 0.406 e. The lowest BCUT2D eigenvalue weighted by Gasteiger charge is -2.10. The molecule has 0 saturated heterocycles. The normalized spacial score (nSPS) is 12.0. The van der Waals surface area contributed by atoms with Gasteiger partial charge in [0, 0.05) is 20.0 Å². The van der Waals surface area contributed by atoms with Gasteiger partial charge in [-0.25, -0.2) is 13.1 Å². The molecule has 0 fully saturated rings. The average Bonchev–Trinajstić information content (AvgIpc) is 2.91. The van der Waals surface area contributed by atoms with Gasteiger partial charge in [0.1, 0.15) is 5.75 Å². The Morgan fingerprint density at radius 1 is 1.32 bits per heavy atom. The first kappa shape index (κ1) is 21.8. The fourth-order valence-corrected chi connectivity index (χ4v) is 3.19. The van der Waals surface area contributed by atoms with Gasteiger partial charge in [-0.2, -0.15) is 5.10 Å². The van der Waals surface area contributed by atoms with Crippen molar-refractivity contribution in [2.24, 2.45) is 7.05 Å². The maximum Gasteiger partial charge on any atom is 0.573 e. The van der Waals surface area contributed by atoms with Crippen LogP contribution in [0.5, 0.6) is 5.75 Å². The van der Waals surface area contributed by atoms with Crippen molar-refractivity contribution in [1.82, 2.24) is 24.8 Å². The summed E-state index contributed by atoms with van der Waals surface area (Å²) < 4.78 is 68.4. The largest absolute Gasteiger partial charge is 0.573 e. The summed E-state index contributed by atoms with van der Waals surface area (Å²) >= 11 is 4.94. The standard InChI is InChI=1S/C14H16F3N5O4S2/c1-22-11(20-21-13(22)27)8-18-12(23)6-7-19-28(24,25)10-4-2-9(3-5-10)26-14(15,16)17/h2-5,19H,6-8H2,1H3,(H,18,23)(H,21,27). The number of benzene rings is 1. The van der Waals surface area contributed by atoms with Crippen molar-refractivity contribution in [3.8, 4) is 5.75 Å². The summed E-state index contributed by atoms with van der Waals surface area (Å²) in [5.41, 5.74) is 0. The molecule has 2 aromatic rings. The SMILES string of the molecule is Cn1c(CNC(=O)CCNS(=O)(=O)c2ccc(OC(F)(F)F)cc2)n[nH]c1=S. The first-order chi connectivity index (χ1) is 13.0. The first-order valence-corrected chi connectivity index (χ1v) is 9.59. The van der Waals surface area contributed by atoms with E-state index in [2.05, 4.69) is 25.0 Å². The van der Waals surface area contributed by atoms with Crippen LogP contribution in [0, 0.1) is 4.77 Å². The van der Waals surface area contributed by atoms with Gasteiger partial charge in [0.25, 0.3) is 0 Å². The fraction of sp³-hybridized carbons (Fsp3) is 0.357. The number of alkyl halides is 3. The fourth-order valence-electron chi connectivity index (χ4n) is 2.01. The zero-order valence-electron chi connectivity index (χ0n) is 14.4. The molecule has 1 amide bonds. The Bertz CT molecular complexity index is 984. The third kappa shape index (κ3) is 6.31. The van der Waals surface area contributed by atoms with E-state index in [0.29, 0.717) is 10.6 Å². The number of aromatic nitrogens is 3. The molecular formula is C14H16F3N5O4S2. The highest BCUT2D eigenvalue weighted by molar-refractivity contribution is 7.89. The van der Waals surface area contributed by atoms with Crippen LogP contribution >= 0.6 is 12.2 Å². The number of nitrogens with zero attached hydrogens (tertiary/aromatic N) is 2. The average molecular weight is 439 g/mol. The Morgan fingerprint density at radius 2 is 1.96 bits per heavy atom. The van der Waals surface area contributed by atoms with E-state index in [0.717, 1.165) is 24.3 Å². The minimum absolute atomic E-state index is 0.107. The second-order valence-electron chi connectivity index (χ2n) is 5.45. The van der Waals surface area contributed by atoms with Gasteiger partial charge in [0.15, 0.2) is 10.6 Å². The molecule has 154 valence electrons. The Kier molecular flexibility index (Phi) is 6.79. The van der Waals surface area contributed by atoms with Crippen LogP contribution in [0.1, 0.15) is 12.2 Å². The Labute approximate surface area is 162 Å². The number of hydrogen-bond donors (Lipinski definition) is 3. The molecule has 9 nitrogen and oxygen atoms in total. The van der Waals surface area contributed by atoms with Crippen LogP contribution < -0.4 is 14.8 Å². The zero-order chi connectivity index (χ0) is 20.9. The second-order valence-corrected chi connectivity index (χ2v) is 7.60. The van der Waals surface area contributed by atoms with Gasteiger partial charge in [-0.3, -0.25) is 9.89 Å². The number of aromatic amines is 1. The lowest BCUT2D eigenvalue weighted by atomic mass is 10.3. The van der Waals surface area contributed by atoms with Crippen molar-refractivity contribution in [3.05, 3.63) is 34.9 Å². The Hall–Kier alpha value is -2.45. The molecule has 0 spiro atoms. The summed E-state index contributed by atoms with van der Waals surface area (Å²) in [6, 6.07) is 3.69. The van der Waals surface area contributed by atoms with Gasteiger partial charge >= 0.3 is 6.36 Å². The monoisotopic (exact) mass is 439 g/mol. The molecule has 0 aliphatic carbocycles. The molecule has 0 bridgehead atoms. The van der Waals surface area contributed by atoms with Crippen LogP contribution in [0.3, 0.4) is 0 Å². The number of nitrogens with one attached hydrogen (secondary N) is 3. The van der Waals surface area contributed by atoms with E-state index in [1.165, 1.54) is 0 Å². The number of H-pyrrole nitrogens is 1. The van der Waals surface area contributed by atoms with Crippen LogP contribution in [0.25, 0.3) is 0 Å². The summed E-state index contributed by atoms with van der Waals surface area (Å²) in [6.07, 6.45) is -5.02. The number of rotatable bonds is 8. The third-order valence-corrected chi connectivity index (χ3v) is 5.27. The van der Waals surface area contributed by atoms with Gasteiger partial charge < -0.3 is 14.6 Å². The van der Waals surface area contributed by atoms with Gasteiger partial charge in [-0.05, 0) is 36.5 Å². The molecule has 2 rings (SSSR count). The van der Waals surface area contributed by atoms with Crippen molar-refractivity contribution in [1.29, 1.82) is 0 Å². The topological polar surface area (TPSA) is 118 Å². The molecule has 14 heteroatoms. The Balaban J connectivity index is 1.83. The maximum absolute atomic E-state index is 12.1. The number of carbonyl (C=O) groups excluding carboxylic acids is 1. The number of amides is 1. The molecule has 1 heterocycles. The van der Waals surface area contributed by atoms with E-state index in [9.17, 15) is 26.4 Å². The summed E-state index contributed by atoms with van der Waals surface area (Å²) in [5.74, 6) is -0.467. The lowest BCUT2D eigenvalue weighted by Crippen LogP contribution is -2.31. The highest BCUT2D eigenvalue weighted by Gasteiger charge is 2.31. The van der Waals surface area contributed by atoms with Crippen molar-refractivity contribution in [3.63, 3.8) is 0 Å². The minimum Gasteiger partial charge on any atom is -0.406 e. The summed E-state index contributed by atoms with van der Waals surface area (Å²) in [4.78, 5) is 11.5. The molecular weight excluding hydrogens is 423 g/mol. The molecule has 0 radical (unpaired) electrons. The van der Waals surface area contributed by atoms with Crippen LogP contribution in [0.15, 0.2) is 29.2 Å². The van der Waals surface area contributed by atoms with E-state index in [-0.39, 0.29) is 24.4 Å². The highest BCUT2D eigenvalue weighted by atomic mass is 32.2. The highest BCUT2D eigenvalue weighted by Crippen LogP contribution is 2.23. The summed E-state index contributed by atoms with van der Waals surface area (Å²) in [7, 11) is -2.32. The Morgan fingerprint density at radius 3 is 2.50 bits per heavy atom. The quantitative estimate of drug-likeness (QED) is 0.535. The second kappa shape index (κ2) is 8.70. The van der Waals surface area contributed by atoms with E-state index in [4.69, 9.17) is 12.2 Å². The van der Waals surface area contributed by atoms with E-state index in [1.54, 1.807) is 11.6 Å². The van der Waals surface area contributed by atoms with Crippen molar-refractivity contribution < 1.29 is 31.1 Å².